The fourth-order valence-corrected chi connectivity index (χ4v) is 2.59. The van der Waals surface area contributed by atoms with Crippen LogP contribution in [0, 0.1) is 17.7 Å². The van der Waals surface area contributed by atoms with Crippen LogP contribution >= 0.6 is 0 Å². The Morgan fingerprint density at radius 1 is 1.35 bits per heavy atom. The fraction of sp³-hybridized carbons (Fsp3) is 0.600. The van der Waals surface area contributed by atoms with Gasteiger partial charge in [-0.2, -0.15) is 0 Å². The fourth-order valence-electron chi connectivity index (χ4n) is 2.59. The van der Waals surface area contributed by atoms with Crippen LogP contribution in [-0.4, -0.2) is 24.5 Å². The second-order valence-corrected chi connectivity index (χ2v) is 5.43. The number of nitrogens with zero attached hydrogens (tertiary/aromatic N) is 1. The number of hydrogen-bond donors (Lipinski definition) is 0. The van der Waals surface area contributed by atoms with Crippen LogP contribution in [0.5, 0.6) is 0 Å². The van der Waals surface area contributed by atoms with Gasteiger partial charge < -0.3 is 4.90 Å². The van der Waals surface area contributed by atoms with Crippen molar-refractivity contribution >= 4 is 0 Å². The number of halogens is 1. The van der Waals surface area contributed by atoms with Crippen LogP contribution in [0.25, 0.3) is 0 Å². The quantitative estimate of drug-likeness (QED) is 0.773. The van der Waals surface area contributed by atoms with E-state index in [0.717, 1.165) is 30.4 Å². The molecule has 0 N–H and O–H groups in total. The smallest absolute Gasteiger partial charge is 0.126 e. The average molecular weight is 235 g/mol. The van der Waals surface area contributed by atoms with Gasteiger partial charge in [0.05, 0.1) is 0 Å². The Morgan fingerprint density at radius 2 is 2.12 bits per heavy atom. The van der Waals surface area contributed by atoms with Crippen molar-refractivity contribution < 1.29 is 4.39 Å². The summed E-state index contributed by atoms with van der Waals surface area (Å²) in [6.07, 6.45) is 2.13. The molecule has 0 radical (unpaired) electrons. The molecule has 1 saturated heterocycles. The van der Waals surface area contributed by atoms with Crippen molar-refractivity contribution in [3.8, 4) is 0 Å². The summed E-state index contributed by atoms with van der Waals surface area (Å²) < 4.78 is 13.4. The van der Waals surface area contributed by atoms with Crippen LogP contribution < -0.4 is 0 Å². The summed E-state index contributed by atoms with van der Waals surface area (Å²) in [5.41, 5.74) is 0.848. The molecular weight excluding hydrogens is 213 g/mol. The molecule has 0 amide bonds. The summed E-state index contributed by atoms with van der Waals surface area (Å²) in [5.74, 6) is 1.54. The SMILES string of the molecule is CC(C)C1CCN(CCc2ccccc2F)C1. The van der Waals surface area contributed by atoms with Crippen LogP contribution in [0.3, 0.4) is 0 Å². The topological polar surface area (TPSA) is 3.24 Å². The first-order chi connectivity index (χ1) is 8.16. The van der Waals surface area contributed by atoms with Gasteiger partial charge in [0.2, 0.25) is 0 Å². The number of hydrogen-bond acceptors (Lipinski definition) is 1. The molecule has 1 aliphatic rings. The van der Waals surface area contributed by atoms with Crippen molar-refractivity contribution in [1.82, 2.24) is 4.90 Å². The highest BCUT2D eigenvalue weighted by molar-refractivity contribution is 5.17. The molecule has 0 spiro atoms. The molecule has 0 aromatic heterocycles. The zero-order chi connectivity index (χ0) is 12.3. The zero-order valence-electron chi connectivity index (χ0n) is 10.8. The van der Waals surface area contributed by atoms with Crippen molar-refractivity contribution in [2.45, 2.75) is 26.7 Å². The van der Waals surface area contributed by atoms with Gasteiger partial charge in [-0.05, 0) is 42.9 Å². The van der Waals surface area contributed by atoms with Gasteiger partial charge in [-0.25, -0.2) is 4.39 Å². The minimum absolute atomic E-state index is 0.0629. The van der Waals surface area contributed by atoms with Gasteiger partial charge >= 0.3 is 0 Å². The normalized spacial score (nSPS) is 21.3. The van der Waals surface area contributed by atoms with E-state index < -0.39 is 0 Å². The van der Waals surface area contributed by atoms with Gasteiger partial charge in [0.1, 0.15) is 5.82 Å². The maximum absolute atomic E-state index is 13.4. The Kier molecular flexibility index (Phi) is 4.16. The van der Waals surface area contributed by atoms with Crippen LogP contribution in [0.15, 0.2) is 24.3 Å². The lowest BCUT2D eigenvalue weighted by Crippen LogP contribution is -2.24. The van der Waals surface area contributed by atoms with Gasteiger partial charge in [-0.15, -0.1) is 0 Å². The Balaban J connectivity index is 1.82. The highest BCUT2D eigenvalue weighted by Gasteiger charge is 2.24. The Labute approximate surface area is 104 Å². The summed E-state index contributed by atoms with van der Waals surface area (Å²) in [6, 6.07) is 7.12. The van der Waals surface area contributed by atoms with E-state index >= 15 is 0 Å². The zero-order valence-corrected chi connectivity index (χ0v) is 10.8. The minimum Gasteiger partial charge on any atom is -0.303 e. The lowest BCUT2D eigenvalue weighted by molar-refractivity contribution is 0.305. The summed E-state index contributed by atoms with van der Waals surface area (Å²) in [6.45, 7) is 7.95. The largest absolute Gasteiger partial charge is 0.303 e. The van der Waals surface area contributed by atoms with Gasteiger partial charge in [0.25, 0.3) is 0 Å². The molecule has 0 aliphatic carbocycles. The van der Waals surface area contributed by atoms with Crippen molar-refractivity contribution in [2.75, 3.05) is 19.6 Å². The molecule has 94 valence electrons. The van der Waals surface area contributed by atoms with Crippen molar-refractivity contribution in [1.29, 1.82) is 0 Å². The van der Waals surface area contributed by atoms with Gasteiger partial charge in [0.15, 0.2) is 0 Å². The first kappa shape index (κ1) is 12.6. The summed E-state index contributed by atoms with van der Waals surface area (Å²) >= 11 is 0. The maximum Gasteiger partial charge on any atom is 0.126 e. The van der Waals surface area contributed by atoms with E-state index in [4.69, 9.17) is 0 Å². The molecule has 1 aromatic rings. The third kappa shape index (κ3) is 3.29. The standard InChI is InChI=1S/C15H22FN/c1-12(2)14-8-10-17(11-14)9-7-13-5-3-4-6-15(13)16/h3-6,12,14H,7-11H2,1-2H3. The first-order valence-corrected chi connectivity index (χ1v) is 6.62. The Hall–Kier alpha value is -0.890. The Bertz CT molecular complexity index is 362. The molecule has 1 fully saturated rings. The van der Waals surface area contributed by atoms with E-state index in [1.54, 1.807) is 12.1 Å². The summed E-state index contributed by atoms with van der Waals surface area (Å²) in [5, 5.41) is 0. The molecule has 0 saturated carbocycles. The van der Waals surface area contributed by atoms with Gasteiger partial charge in [-0.1, -0.05) is 32.0 Å². The molecule has 1 nitrogen and oxygen atoms in total. The van der Waals surface area contributed by atoms with Crippen LogP contribution in [-0.2, 0) is 6.42 Å². The third-order valence-corrected chi connectivity index (χ3v) is 3.91. The molecule has 17 heavy (non-hydrogen) atoms. The highest BCUT2D eigenvalue weighted by Crippen LogP contribution is 2.23. The third-order valence-electron chi connectivity index (χ3n) is 3.91. The lowest BCUT2D eigenvalue weighted by Gasteiger charge is -2.17. The molecule has 1 aromatic carbocycles. The maximum atomic E-state index is 13.4. The lowest BCUT2D eigenvalue weighted by atomic mass is 9.95. The molecule has 0 bridgehead atoms. The Morgan fingerprint density at radius 3 is 2.76 bits per heavy atom. The highest BCUT2D eigenvalue weighted by atomic mass is 19.1. The van der Waals surface area contributed by atoms with E-state index in [1.807, 2.05) is 12.1 Å². The van der Waals surface area contributed by atoms with Gasteiger partial charge in [0, 0.05) is 13.1 Å². The molecule has 1 heterocycles. The second kappa shape index (κ2) is 5.63. The molecule has 2 rings (SSSR count). The van der Waals surface area contributed by atoms with Crippen molar-refractivity contribution in [3.63, 3.8) is 0 Å². The van der Waals surface area contributed by atoms with E-state index in [9.17, 15) is 4.39 Å². The number of benzene rings is 1. The summed E-state index contributed by atoms with van der Waals surface area (Å²) in [4.78, 5) is 2.47. The molecule has 1 unspecified atom stereocenters. The minimum atomic E-state index is -0.0629. The van der Waals surface area contributed by atoms with Crippen molar-refractivity contribution in [2.24, 2.45) is 11.8 Å². The van der Waals surface area contributed by atoms with E-state index in [2.05, 4.69) is 18.7 Å². The molecular formula is C15H22FN. The van der Waals surface area contributed by atoms with E-state index in [1.165, 1.54) is 19.5 Å². The predicted molar refractivity (Wildman–Crippen MR) is 69.5 cm³/mol. The summed E-state index contributed by atoms with van der Waals surface area (Å²) in [7, 11) is 0. The number of likely N-dealkylation sites (tertiary alicyclic amines) is 1. The van der Waals surface area contributed by atoms with E-state index in [-0.39, 0.29) is 5.82 Å². The van der Waals surface area contributed by atoms with E-state index in [0.29, 0.717) is 0 Å². The average Bonchev–Trinajstić information content (AvgIpc) is 2.77. The van der Waals surface area contributed by atoms with Crippen LogP contribution in [0.2, 0.25) is 0 Å². The molecule has 1 aliphatic heterocycles. The van der Waals surface area contributed by atoms with Gasteiger partial charge in [-0.3, -0.25) is 0 Å². The number of rotatable bonds is 4. The monoisotopic (exact) mass is 235 g/mol. The molecule has 2 heteroatoms. The molecule has 1 atom stereocenters. The van der Waals surface area contributed by atoms with Crippen molar-refractivity contribution in [3.05, 3.63) is 35.6 Å². The predicted octanol–water partition coefficient (Wildman–Crippen LogP) is 3.35. The second-order valence-electron chi connectivity index (χ2n) is 5.43. The van der Waals surface area contributed by atoms with Crippen LogP contribution in [0.1, 0.15) is 25.8 Å². The first-order valence-electron chi connectivity index (χ1n) is 6.62. The van der Waals surface area contributed by atoms with Crippen LogP contribution in [0.4, 0.5) is 4.39 Å².